The molecule has 1 amide bonds. The van der Waals surface area contributed by atoms with Crippen molar-refractivity contribution in [3.8, 4) is 11.5 Å². The van der Waals surface area contributed by atoms with Crippen LogP contribution in [-0.4, -0.2) is 42.6 Å². The molecule has 1 saturated heterocycles. The highest BCUT2D eigenvalue weighted by molar-refractivity contribution is 5.86. The van der Waals surface area contributed by atoms with Crippen LogP contribution in [0.15, 0.2) is 18.2 Å². The molecule has 0 unspecified atom stereocenters. The maximum Gasteiger partial charge on any atom is 0.308 e. The summed E-state index contributed by atoms with van der Waals surface area (Å²) in [6, 6.07) is 5.40. The molecule has 0 saturated carbocycles. The third-order valence-corrected chi connectivity index (χ3v) is 3.39. The van der Waals surface area contributed by atoms with Crippen LogP contribution in [0.5, 0.6) is 11.5 Å². The zero-order valence-electron chi connectivity index (χ0n) is 11.5. The molecule has 0 radical (unpaired) electrons. The highest BCUT2D eigenvalue weighted by atomic mass is 16.5. The van der Waals surface area contributed by atoms with E-state index in [0.29, 0.717) is 18.0 Å². The van der Waals surface area contributed by atoms with Crippen LogP contribution in [0.1, 0.15) is 12.0 Å². The average molecular weight is 279 g/mol. The van der Waals surface area contributed by atoms with Gasteiger partial charge in [0.2, 0.25) is 5.91 Å². The molecule has 1 N–H and O–H groups in total. The van der Waals surface area contributed by atoms with Gasteiger partial charge in [-0.2, -0.15) is 0 Å². The SMILES string of the molecule is COc1ccc(CN2C[C@@H](C(=O)O)CC2=O)cc1OC. The van der Waals surface area contributed by atoms with Crippen LogP contribution >= 0.6 is 0 Å². The van der Waals surface area contributed by atoms with E-state index in [1.165, 1.54) is 0 Å². The van der Waals surface area contributed by atoms with Crippen LogP contribution in [-0.2, 0) is 16.1 Å². The largest absolute Gasteiger partial charge is 0.493 e. The Labute approximate surface area is 116 Å². The summed E-state index contributed by atoms with van der Waals surface area (Å²) in [7, 11) is 3.10. The molecule has 1 aliphatic rings. The molecule has 6 heteroatoms. The summed E-state index contributed by atoms with van der Waals surface area (Å²) < 4.78 is 10.4. The van der Waals surface area contributed by atoms with E-state index in [1.807, 2.05) is 6.07 Å². The van der Waals surface area contributed by atoms with Gasteiger partial charge in [-0.1, -0.05) is 6.07 Å². The number of carboxylic acid groups (broad SMARTS) is 1. The minimum atomic E-state index is -0.923. The predicted molar refractivity (Wildman–Crippen MR) is 70.7 cm³/mol. The van der Waals surface area contributed by atoms with Gasteiger partial charge >= 0.3 is 5.97 Å². The average Bonchev–Trinajstić information content (AvgIpc) is 2.80. The standard InChI is InChI=1S/C14H17NO5/c1-19-11-4-3-9(5-12(11)20-2)7-15-8-10(14(17)18)6-13(15)16/h3-5,10H,6-8H2,1-2H3,(H,17,18)/t10-/m0/s1. The van der Waals surface area contributed by atoms with Crippen LogP contribution < -0.4 is 9.47 Å². The molecular weight excluding hydrogens is 262 g/mol. The number of rotatable bonds is 5. The lowest BCUT2D eigenvalue weighted by Crippen LogP contribution is -2.25. The van der Waals surface area contributed by atoms with Gasteiger partial charge in [-0.25, -0.2) is 0 Å². The molecule has 1 aromatic carbocycles. The molecule has 0 bridgehead atoms. The van der Waals surface area contributed by atoms with E-state index in [0.717, 1.165) is 5.56 Å². The number of amides is 1. The van der Waals surface area contributed by atoms with Gasteiger partial charge in [0.25, 0.3) is 0 Å². The molecule has 1 aliphatic heterocycles. The first-order valence-electron chi connectivity index (χ1n) is 6.26. The summed E-state index contributed by atoms with van der Waals surface area (Å²) in [5.74, 6) is -0.457. The van der Waals surface area contributed by atoms with Gasteiger partial charge in [-0.3, -0.25) is 9.59 Å². The van der Waals surface area contributed by atoms with Gasteiger partial charge in [0.05, 0.1) is 20.1 Å². The Hall–Kier alpha value is -2.24. The number of hydrogen-bond acceptors (Lipinski definition) is 4. The molecule has 20 heavy (non-hydrogen) atoms. The Morgan fingerprint density at radius 1 is 1.35 bits per heavy atom. The van der Waals surface area contributed by atoms with E-state index in [1.54, 1.807) is 31.3 Å². The predicted octanol–water partition coefficient (Wildman–Crippen LogP) is 1.14. The molecule has 1 heterocycles. The Morgan fingerprint density at radius 2 is 2.05 bits per heavy atom. The van der Waals surface area contributed by atoms with Crippen molar-refractivity contribution in [3.05, 3.63) is 23.8 Å². The van der Waals surface area contributed by atoms with Crippen molar-refractivity contribution in [1.82, 2.24) is 4.90 Å². The van der Waals surface area contributed by atoms with Crippen molar-refractivity contribution >= 4 is 11.9 Å². The number of carbonyl (C=O) groups is 2. The third-order valence-electron chi connectivity index (χ3n) is 3.39. The lowest BCUT2D eigenvalue weighted by Gasteiger charge is -2.17. The zero-order valence-corrected chi connectivity index (χ0v) is 11.5. The van der Waals surface area contributed by atoms with E-state index in [-0.39, 0.29) is 18.9 Å². The fourth-order valence-corrected chi connectivity index (χ4v) is 2.29. The second kappa shape index (κ2) is 5.81. The van der Waals surface area contributed by atoms with Crippen LogP contribution in [0.25, 0.3) is 0 Å². The van der Waals surface area contributed by atoms with Crippen molar-refractivity contribution in [3.63, 3.8) is 0 Å². The number of methoxy groups -OCH3 is 2. The highest BCUT2D eigenvalue weighted by Gasteiger charge is 2.34. The second-order valence-electron chi connectivity index (χ2n) is 4.70. The molecular formula is C14H17NO5. The van der Waals surface area contributed by atoms with Crippen LogP contribution in [0.3, 0.4) is 0 Å². The van der Waals surface area contributed by atoms with Gasteiger partial charge in [-0.15, -0.1) is 0 Å². The molecule has 0 aliphatic carbocycles. The second-order valence-corrected chi connectivity index (χ2v) is 4.70. The Balaban J connectivity index is 2.10. The van der Waals surface area contributed by atoms with Crippen LogP contribution in [0, 0.1) is 5.92 Å². The lowest BCUT2D eigenvalue weighted by atomic mass is 10.1. The van der Waals surface area contributed by atoms with Crippen molar-refractivity contribution in [1.29, 1.82) is 0 Å². The normalized spacial score (nSPS) is 18.2. The van der Waals surface area contributed by atoms with E-state index in [2.05, 4.69) is 0 Å². The molecule has 6 nitrogen and oxygen atoms in total. The summed E-state index contributed by atoms with van der Waals surface area (Å²) in [5, 5.41) is 8.95. The Bertz CT molecular complexity index is 528. The first-order valence-corrected chi connectivity index (χ1v) is 6.26. The first kappa shape index (κ1) is 14.2. The first-order chi connectivity index (χ1) is 9.55. The maximum absolute atomic E-state index is 11.8. The lowest BCUT2D eigenvalue weighted by molar-refractivity contribution is -0.141. The minimum absolute atomic E-state index is 0.0720. The van der Waals surface area contributed by atoms with Gasteiger partial charge in [0.1, 0.15) is 0 Å². The van der Waals surface area contributed by atoms with Crippen molar-refractivity contribution in [2.75, 3.05) is 20.8 Å². The van der Waals surface area contributed by atoms with Crippen LogP contribution in [0.4, 0.5) is 0 Å². The summed E-state index contributed by atoms with van der Waals surface area (Å²) in [6.07, 6.45) is 0.0720. The quantitative estimate of drug-likeness (QED) is 0.874. The molecule has 1 fully saturated rings. The molecule has 2 rings (SSSR count). The topological polar surface area (TPSA) is 76.1 Å². The Morgan fingerprint density at radius 3 is 2.60 bits per heavy atom. The van der Waals surface area contributed by atoms with Crippen molar-refractivity contribution in [2.45, 2.75) is 13.0 Å². The summed E-state index contributed by atoms with van der Waals surface area (Å²) >= 11 is 0. The van der Waals surface area contributed by atoms with E-state index < -0.39 is 11.9 Å². The number of benzene rings is 1. The van der Waals surface area contributed by atoms with Gasteiger partial charge in [0, 0.05) is 19.5 Å². The minimum Gasteiger partial charge on any atom is -0.493 e. The number of likely N-dealkylation sites (tertiary alicyclic amines) is 1. The third kappa shape index (κ3) is 2.84. The smallest absolute Gasteiger partial charge is 0.308 e. The monoisotopic (exact) mass is 279 g/mol. The number of hydrogen-bond donors (Lipinski definition) is 1. The summed E-state index contributed by atoms with van der Waals surface area (Å²) in [4.78, 5) is 24.2. The highest BCUT2D eigenvalue weighted by Crippen LogP contribution is 2.29. The maximum atomic E-state index is 11.8. The number of carboxylic acids is 1. The number of aliphatic carboxylic acids is 1. The molecule has 1 atom stereocenters. The molecule has 1 aromatic rings. The number of ether oxygens (including phenoxy) is 2. The Kier molecular flexibility index (Phi) is 4.12. The van der Waals surface area contributed by atoms with Crippen LogP contribution in [0.2, 0.25) is 0 Å². The fourth-order valence-electron chi connectivity index (χ4n) is 2.29. The summed E-state index contributed by atoms with van der Waals surface area (Å²) in [5.41, 5.74) is 0.877. The number of carbonyl (C=O) groups excluding carboxylic acids is 1. The summed E-state index contributed by atoms with van der Waals surface area (Å²) in [6.45, 7) is 0.630. The van der Waals surface area contributed by atoms with Gasteiger partial charge in [0.15, 0.2) is 11.5 Å². The molecule has 0 spiro atoms. The number of nitrogens with zero attached hydrogens (tertiary/aromatic N) is 1. The van der Waals surface area contributed by atoms with E-state index >= 15 is 0 Å². The fraction of sp³-hybridized carbons (Fsp3) is 0.429. The van der Waals surface area contributed by atoms with Gasteiger partial charge < -0.3 is 19.5 Å². The van der Waals surface area contributed by atoms with E-state index in [9.17, 15) is 9.59 Å². The van der Waals surface area contributed by atoms with Crippen molar-refractivity contribution in [2.24, 2.45) is 5.92 Å². The molecule has 108 valence electrons. The van der Waals surface area contributed by atoms with E-state index in [4.69, 9.17) is 14.6 Å². The zero-order chi connectivity index (χ0) is 14.7. The van der Waals surface area contributed by atoms with Crippen molar-refractivity contribution < 1.29 is 24.2 Å². The molecule has 0 aromatic heterocycles. The van der Waals surface area contributed by atoms with Gasteiger partial charge in [-0.05, 0) is 17.7 Å².